The Hall–Kier alpha value is -1.55. The van der Waals surface area contributed by atoms with Gasteiger partial charge in [0.15, 0.2) is 0 Å². The second-order valence-corrected chi connectivity index (χ2v) is 4.57. The Kier molecular flexibility index (Phi) is 6.36. The van der Waals surface area contributed by atoms with Gasteiger partial charge in [-0.3, -0.25) is 4.79 Å². The second-order valence-electron chi connectivity index (χ2n) is 4.57. The molecule has 0 saturated heterocycles. The van der Waals surface area contributed by atoms with Crippen LogP contribution in [0, 0.1) is 0 Å². The minimum atomic E-state index is 0.000179. The number of benzene rings is 1. The summed E-state index contributed by atoms with van der Waals surface area (Å²) in [6.45, 7) is 5.24. The Balaban J connectivity index is 2.49. The molecule has 1 unspecified atom stereocenters. The normalized spacial score (nSPS) is 12.2. The number of carbonyl (C=O) groups is 1. The lowest BCUT2D eigenvalue weighted by Crippen LogP contribution is -2.29. The van der Waals surface area contributed by atoms with Crippen molar-refractivity contribution in [2.75, 3.05) is 20.3 Å². The van der Waals surface area contributed by atoms with Crippen LogP contribution in [-0.2, 0) is 9.53 Å². The number of aromatic hydroxyl groups is 1. The third-order valence-corrected chi connectivity index (χ3v) is 3.23. The van der Waals surface area contributed by atoms with Crippen LogP contribution < -0.4 is 0 Å². The van der Waals surface area contributed by atoms with Gasteiger partial charge in [0.25, 0.3) is 0 Å². The smallest absolute Gasteiger partial charge is 0.222 e. The Morgan fingerprint density at radius 3 is 2.58 bits per heavy atom. The molecule has 0 fully saturated rings. The first-order valence-electron chi connectivity index (χ1n) is 6.68. The zero-order valence-corrected chi connectivity index (χ0v) is 11.9. The van der Waals surface area contributed by atoms with Gasteiger partial charge in [-0.1, -0.05) is 12.1 Å². The molecule has 0 spiro atoms. The summed E-state index contributed by atoms with van der Waals surface area (Å²) in [7, 11) is 1.81. The Labute approximate surface area is 115 Å². The first kappa shape index (κ1) is 15.5. The summed E-state index contributed by atoms with van der Waals surface area (Å²) in [5, 5.41) is 9.26. The quantitative estimate of drug-likeness (QED) is 0.771. The summed E-state index contributed by atoms with van der Waals surface area (Å²) in [5.41, 5.74) is 1.01. The van der Waals surface area contributed by atoms with Crippen molar-refractivity contribution in [1.82, 2.24) is 4.90 Å². The predicted molar refractivity (Wildman–Crippen MR) is 75.0 cm³/mol. The third-order valence-electron chi connectivity index (χ3n) is 3.23. The molecule has 0 aliphatic rings. The van der Waals surface area contributed by atoms with Gasteiger partial charge >= 0.3 is 0 Å². The molecule has 106 valence electrons. The molecular weight excluding hydrogens is 242 g/mol. The Morgan fingerprint density at radius 2 is 2.00 bits per heavy atom. The average molecular weight is 265 g/mol. The lowest BCUT2D eigenvalue weighted by Gasteiger charge is -2.25. The highest BCUT2D eigenvalue weighted by molar-refractivity contribution is 5.76. The van der Waals surface area contributed by atoms with E-state index in [1.807, 2.05) is 26.0 Å². The van der Waals surface area contributed by atoms with Crippen molar-refractivity contribution in [2.45, 2.75) is 32.7 Å². The lowest BCUT2D eigenvalue weighted by atomic mass is 10.1. The molecule has 1 aromatic rings. The van der Waals surface area contributed by atoms with Crippen molar-refractivity contribution in [1.29, 1.82) is 0 Å². The number of phenolic OH excluding ortho intramolecular Hbond substituents is 1. The molecule has 0 radical (unpaired) electrons. The van der Waals surface area contributed by atoms with Crippen molar-refractivity contribution in [2.24, 2.45) is 0 Å². The fraction of sp³-hybridized carbons (Fsp3) is 0.533. The molecule has 4 heteroatoms. The third kappa shape index (κ3) is 4.91. The minimum Gasteiger partial charge on any atom is -0.508 e. The van der Waals surface area contributed by atoms with Crippen LogP contribution in [0.1, 0.15) is 38.3 Å². The minimum absolute atomic E-state index is 0.000179. The maximum atomic E-state index is 12.0. The summed E-state index contributed by atoms with van der Waals surface area (Å²) in [5.74, 6) is 0.349. The highest BCUT2D eigenvalue weighted by Crippen LogP contribution is 2.21. The molecule has 1 rings (SSSR count). The first-order chi connectivity index (χ1) is 9.06. The maximum absolute atomic E-state index is 12.0. The van der Waals surface area contributed by atoms with Crippen LogP contribution >= 0.6 is 0 Å². The van der Waals surface area contributed by atoms with Crippen molar-refractivity contribution >= 4 is 5.91 Å². The summed E-state index contributed by atoms with van der Waals surface area (Å²) in [4.78, 5) is 13.7. The number of carbonyl (C=O) groups excluding carboxylic acids is 1. The molecular formula is C15H23NO3. The molecule has 0 aliphatic carbocycles. The van der Waals surface area contributed by atoms with Gasteiger partial charge in [-0.2, -0.15) is 0 Å². The number of hydrogen-bond acceptors (Lipinski definition) is 3. The molecule has 0 heterocycles. The fourth-order valence-electron chi connectivity index (χ4n) is 1.84. The van der Waals surface area contributed by atoms with E-state index in [0.717, 1.165) is 12.0 Å². The summed E-state index contributed by atoms with van der Waals surface area (Å²) >= 11 is 0. The van der Waals surface area contributed by atoms with Gasteiger partial charge in [0.1, 0.15) is 5.75 Å². The summed E-state index contributed by atoms with van der Waals surface area (Å²) in [6, 6.07) is 6.95. The Bertz CT molecular complexity index is 389. The maximum Gasteiger partial charge on any atom is 0.222 e. The van der Waals surface area contributed by atoms with Crippen LogP contribution in [0.15, 0.2) is 24.3 Å². The molecule has 0 aliphatic heterocycles. The van der Waals surface area contributed by atoms with E-state index in [9.17, 15) is 9.90 Å². The van der Waals surface area contributed by atoms with Gasteiger partial charge in [-0.15, -0.1) is 0 Å². The average Bonchev–Trinajstić information content (AvgIpc) is 2.42. The van der Waals surface area contributed by atoms with Gasteiger partial charge in [0.2, 0.25) is 5.91 Å². The Morgan fingerprint density at radius 1 is 1.37 bits per heavy atom. The van der Waals surface area contributed by atoms with Crippen molar-refractivity contribution in [3.8, 4) is 5.75 Å². The zero-order valence-electron chi connectivity index (χ0n) is 11.9. The number of ether oxygens (including phenoxy) is 1. The molecule has 0 saturated carbocycles. The molecule has 1 aromatic carbocycles. The molecule has 4 nitrogen and oxygen atoms in total. The number of hydrogen-bond donors (Lipinski definition) is 1. The summed E-state index contributed by atoms with van der Waals surface area (Å²) < 4.78 is 5.22. The molecule has 0 aromatic heterocycles. The van der Waals surface area contributed by atoms with Crippen LogP contribution in [0.3, 0.4) is 0 Å². The van der Waals surface area contributed by atoms with Crippen molar-refractivity contribution in [3.05, 3.63) is 29.8 Å². The highest BCUT2D eigenvalue weighted by Gasteiger charge is 2.16. The molecule has 1 atom stereocenters. The molecule has 0 bridgehead atoms. The van der Waals surface area contributed by atoms with E-state index in [1.165, 1.54) is 0 Å². The topological polar surface area (TPSA) is 49.8 Å². The van der Waals surface area contributed by atoms with Crippen LogP contribution in [0.4, 0.5) is 0 Å². The predicted octanol–water partition coefficient (Wildman–Crippen LogP) is 2.73. The summed E-state index contributed by atoms with van der Waals surface area (Å²) in [6.07, 6.45) is 1.25. The first-order valence-corrected chi connectivity index (χ1v) is 6.68. The highest BCUT2D eigenvalue weighted by atomic mass is 16.5. The SMILES string of the molecule is CCOCCCC(=O)N(C)C(C)c1ccc(O)cc1. The van der Waals surface area contributed by atoms with Crippen LogP contribution in [-0.4, -0.2) is 36.2 Å². The van der Waals surface area contributed by atoms with E-state index < -0.39 is 0 Å². The van der Waals surface area contributed by atoms with Crippen molar-refractivity contribution < 1.29 is 14.6 Å². The van der Waals surface area contributed by atoms with Gasteiger partial charge in [0.05, 0.1) is 6.04 Å². The van der Waals surface area contributed by atoms with Gasteiger partial charge in [-0.25, -0.2) is 0 Å². The van der Waals surface area contributed by atoms with E-state index in [4.69, 9.17) is 4.74 Å². The lowest BCUT2D eigenvalue weighted by molar-refractivity contribution is -0.132. The van der Waals surface area contributed by atoms with Gasteiger partial charge in [-0.05, 0) is 38.0 Å². The number of phenols is 1. The van der Waals surface area contributed by atoms with Crippen LogP contribution in [0.5, 0.6) is 5.75 Å². The number of amides is 1. The largest absolute Gasteiger partial charge is 0.508 e. The van der Waals surface area contributed by atoms with E-state index in [2.05, 4.69) is 0 Å². The van der Waals surface area contributed by atoms with Crippen LogP contribution in [0.2, 0.25) is 0 Å². The molecule has 19 heavy (non-hydrogen) atoms. The standard InChI is InChI=1S/C15H23NO3/c1-4-19-11-5-6-15(18)16(3)12(2)13-7-9-14(17)10-8-13/h7-10,12,17H,4-6,11H2,1-3H3. The fourth-order valence-corrected chi connectivity index (χ4v) is 1.84. The molecule has 1 N–H and O–H groups in total. The van der Waals surface area contributed by atoms with Gasteiger partial charge < -0.3 is 14.7 Å². The van der Waals surface area contributed by atoms with E-state index >= 15 is 0 Å². The monoisotopic (exact) mass is 265 g/mol. The van der Waals surface area contributed by atoms with Gasteiger partial charge in [0, 0.05) is 26.7 Å². The van der Waals surface area contributed by atoms with E-state index in [0.29, 0.717) is 19.6 Å². The van der Waals surface area contributed by atoms with E-state index in [-0.39, 0.29) is 17.7 Å². The molecule has 1 amide bonds. The zero-order chi connectivity index (χ0) is 14.3. The van der Waals surface area contributed by atoms with E-state index in [1.54, 1.807) is 24.1 Å². The number of nitrogens with zero attached hydrogens (tertiary/aromatic N) is 1. The van der Waals surface area contributed by atoms with Crippen molar-refractivity contribution in [3.63, 3.8) is 0 Å². The van der Waals surface area contributed by atoms with Crippen LogP contribution in [0.25, 0.3) is 0 Å². The number of rotatable bonds is 7. The second kappa shape index (κ2) is 7.79.